The second-order valence-corrected chi connectivity index (χ2v) is 7.86. The number of sulfone groups is 1. The van der Waals surface area contributed by atoms with E-state index in [1.54, 1.807) is 11.9 Å². The van der Waals surface area contributed by atoms with Crippen molar-refractivity contribution < 1.29 is 17.2 Å². The van der Waals surface area contributed by atoms with Crippen LogP contribution in [0, 0.1) is 11.6 Å². The van der Waals surface area contributed by atoms with Gasteiger partial charge in [-0.1, -0.05) is 6.07 Å². The van der Waals surface area contributed by atoms with Gasteiger partial charge >= 0.3 is 0 Å². The highest BCUT2D eigenvalue weighted by atomic mass is 32.2. The van der Waals surface area contributed by atoms with Gasteiger partial charge in [0, 0.05) is 19.3 Å². The average molecular weight is 354 g/mol. The Kier molecular flexibility index (Phi) is 4.35. The monoisotopic (exact) mass is 354 g/mol. The Bertz CT molecular complexity index is 840. The second kappa shape index (κ2) is 6.31. The molecular formula is C15H16F2N4O2S. The van der Waals surface area contributed by atoms with Crippen LogP contribution in [0.4, 0.5) is 26.2 Å². The van der Waals surface area contributed by atoms with Crippen molar-refractivity contribution in [1.82, 2.24) is 9.97 Å². The number of benzene rings is 1. The predicted octanol–water partition coefficient (Wildman–Crippen LogP) is 2.12. The summed E-state index contributed by atoms with van der Waals surface area (Å²) < 4.78 is 50.6. The van der Waals surface area contributed by atoms with Gasteiger partial charge in [0.25, 0.3) is 0 Å². The Hall–Kier alpha value is -2.29. The maximum atomic E-state index is 13.7. The Morgan fingerprint density at radius 3 is 2.58 bits per heavy atom. The molecular weight excluding hydrogens is 338 g/mol. The van der Waals surface area contributed by atoms with Gasteiger partial charge in [-0.2, -0.15) is 4.98 Å². The molecule has 0 bridgehead atoms. The van der Waals surface area contributed by atoms with Crippen molar-refractivity contribution in [2.45, 2.75) is 12.5 Å². The SMILES string of the molecule is CN(c1nccc(Nc2c(F)cccc2F)n1)C1CCS(=O)(=O)C1. The van der Waals surface area contributed by atoms with Gasteiger partial charge in [-0.05, 0) is 24.6 Å². The number of hydrogen-bond acceptors (Lipinski definition) is 6. The molecule has 1 aliphatic rings. The first kappa shape index (κ1) is 16.6. The van der Waals surface area contributed by atoms with Crippen LogP contribution in [0.25, 0.3) is 0 Å². The lowest BCUT2D eigenvalue weighted by molar-refractivity contribution is 0.590. The van der Waals surface area contributed by atoms with Crippen molar-refractivity contribution in [3.63, 3.8) is 0 Å². The standard InChI is InChI=1S/C15H16F2N4O2S/c1-21(10-6-8-24(22,23)9-10)15-18-7-5-13(20-15)19-14-11(16)3-2-4-12(14)17/h2-5,7,10H,6,8-9H2,1H3,(H,18,19,20). The summed E-state index contributed by atoms with van der Waals surface area (Å²) in [5.74, 6) is -0.765. The maximum absolute atomic E-state index is 13.7. The molecule has 3 rings (SSSR count). The quantitative estimate of drug-likeness (QED) is 0.907. The summed E-state index contributed by atoms with van der Waals surface area (Å²) >= 11 is 0. The van der Waals surface area contributed by atoms with Crippen molar-refractivity contribution in [3.05, 3.63) is 42.1 Å². The number of hydrogen-bond donors (Lipinski definition) is 1. The first-order valence-corrected chi connectivity index (χ1v) is 9.15. The van der Waals surface area contributed by atoms with E-state index in [1.165, 1.54) is 18.3 Å². The van der Waals surface area contributed by atoms with E-state index in [2.05, 4.69) is 15.3 Å². The number of aromatic nitrogens is 2. The highest BCUT2D eigenvalue weighted by Crippen LogP contribution is 2.24. The number of rotatable bonds is 4. The molecule has 128 valence electrons. The van der Waals surface area contributed by atoms with Crippen LogP contribution in [0.5, 0.6) is 0 Å². The largest absolute Gasteiger partial charge is 0.340 e. The van der Waals surface area contributed by atoms with E-state index in [0.29, 0.717) is 12.4 Å². The van der Waals surface area contributed by atoms with Crippen LogP contribution in [0.2, 0.25) is 0 Å². The van der Waals surface area contributed by atoms with Crippen molar-refractivity contribution in [2.75, 3.05) is 28.8 Å². The Balaban J connectivity index is 1.82. The summed E-state index contributed by atoms with van der Waals surface area (Å²) in [6.45, 7) is 0. The third-order valence-electron chi connectivity index (χ3n) is 3.93. The molecule has 1 aromatic carbocycles. The molecule has 1 N–H and O–H groups in total. The fourth-order valence-corrected chi connectivity index (χ4v) is 4.35. The molecule has 1 unspecified atom stereocenters. The smallest absolute Gasteiger partial charge is 0.227 e. The molecule has 1 atom stereocenters. The van der Waals surface area contributed by atoms with E-state index < -0.39 is 21.5 Å². The molecule has 1 aliphatic heterocycles. The van der Waals surface area contributed by atoms with Gasteiger partial charge in [-0.15, -0.1) is 0 Å². The molecule has 1 aromatic heterocycles. The minimum atomic E-state index is -3.03. The summed E-state index contributed by atoms with van der Waals surface area (Å²) in [6, 6.07) is 4.83. The lowest BCUT2D eigenvalue weighted by atomic mass is 10.2. The summed E-state index contributed by atoms with van der Waals surface area (Å²) in [5.41, 5.74) is -0.298. The van der Waals surface area contributed by atoms with Gasteiger partial charge in [0.15, 0.2) is 9.84 Å². The number of para-hydroxylation sites is 1. The highest BCUT2D eigenvalue weighted by molar-refractivity contribution is 7.91. The summed E-state index contributed by atoms with van der Waals surface area (Å²) in [7, 11) is -1.33. The summed E-state index contributed by atoms with van der Waals surface area (Å²) in [6.07, 6.45) is 1.95. The number of nitrogens with one attached hydrogen (secondary N) is 1. The van der Waals surface area contributed by atoms with Crippen LogP contribution in [0.1, 0.15) is 6.42 Å². The van der Waals surface area contributed by atoms with Crippen LogP contribution in [-0.2, 0) is 9.84 Å². The van der Waals surface area contributed by atoms with Crippen LogP contribution in [-0.4, -0.2) is 43.0 Å². The minimum absolute atomic E-state index is 0.0481. The van der Waals surface area contributed by atoms with Crippen LogP contribution >= 0.6 is 0 Å². The molecule has 2 heterocycles. The Morgan fingerprint density at radius 1 is 1.25 bits per heavy atom. The molecule has 2 aromatic rings. The van der Waals surface area contributed by atoms with Gasteiger partial charge in [0.05, 0.1) is 11.5 Å². The molecule has 0 saturated carbocycles. The molecule has 0 amide bonds. The Labute approximate surface area is 138 Å². The van der Waals surface area contributed by atoms with E-state index in [4.69, 9.17) is 0 Å². The van der Waals surface area contributed by atoms with Gasteiger partial charge in [-0.3, -0.25) is 0 Å². The number of nitrogens with zero attached hydrogens (tertiary/aromatic N) is 3. The summed E-state index contributed by atoms with van der Waals surface area (Å²) in [4.78, 5) is 10.0. The van der Waals surface area contributed by atoms with Crippen molar-refractivity contribution in [2.24, 2.45) is 0 Å². The van der Waals surface area contributed by atoms with Crippen molar-refractivity contribution >= 4 is 27.3 Å². The summed E-state index contributed by atoms with van der Waals surface area (Å²) in [5, 5.41) is 2.60. The van der Waals surface area contributed by atoms with E-state index in [1.807, 2.05) is 0 Å². The minimum Gasteiger partial charge on any atom is -0.340 e. The molecule has 9 heteroatoms. The number of halogens is 2. The van der Waals surface area contributed by atoms with Crippen LogP contribution in [0.15, 0.2) is 30.5 Å². The normalized spacial score (nSPS) is 19.2. The zero-order chi connectivity index (χ0) is 17.3. The average Bonchev–Trinajstić information content (AvgIpc) is 2.91. The predicted molar refractivity (Wildman–Crippen MR) is 87.1 cm³/mol. The lowest BCUT2D eigenvalue weighted by Gasteiger charge is -2.23. The van der Waals surface area contributed by atoms with Crippen LogP contribution < -0.4 is 10.2 Å². The molecule has 1 saturated heterocycles. The first-order chi connectivity index (χ1) is 11.4. The fourth-order valence-electron chi connectivity index (χ4n) is 2.58. The third kappa shape index (κ3) is 3.45. The molecule has 24 heavy (non-hydrogen) atoms. The fraction of sp³-hybridized carbons (Fsp3) is 0.333. The van der Waals surface area contributed by atoms with Gasteiger partial charge < -0.3 is 10.2 Å². The van der Waals surface area contributed by atoms with Crippen LogP contribution in [0.3, 0.4) is 0 Å². The topological polar surface area (TPSA) is 75.2 Å². The van der Waals surface area contributed by atoms with Crippen molar-refractivity contribution in [1.29, 1.82) is 0 Å². The third-order valence-corrected chi connectivity index (χ3v) is 5.68. The Morgan fingerprint density at radius 2 is 1.96 bits per heavy atom. The van der Waals surface area contributed by atoms with Crippen molar-refractivity contribution in [3.8, 4) is 0 Å². The molecule has 6 nitrogen and oxygen atoms in total. The van der Waals surface area contributed by atoms with E-state index in [-0.39, 0.29) is 29.1 Å². The second-order valence-electron chi connectivity index (χ2n) is 5.63. The highest BCUT2D eigenvalue weighted by Gasteiger charge is 2.31. The van der Waals surface area contributed by atoms with Gasteiger partial charge in [0.2, 0.25) is 5.95 Å². The number of anilines is 3. The molecule has 0 radical (unpaired) electrons. The zero-order valence-electron chi connectivity index (χ0n) is 12.9. The van der Waals surface area contributed by atoms with Gasteiger partial charge in [0.1, 0.15) is 23.1 Å². The zero-order valence-corrected chi connectivity index (χ0v) is 13.7. The van der Waals surface area contributed by atoms with E-state index in [0.717, 1.165) is 12.1 Å². The van der Waals surface area contributed by atoms with E-state index in [9.17, 15) is 17.2 Å². The maximum Gasteiger partial charge on any atom is 0.227 e. The molecule has 0 spiro atoms. The van der Waals surface area contributed by atoms with Gasteiger partial charge in [-0.25, -0.2) is 22.2 Å². The first-order valence-electron chi connectivity index (χ1n) is 7.33. The lowest BCUT2D eigenvalue weighted by Crippen LogP contribution is -2.33. The van der Waals surface area contributed by atoms with E-state index >= 15 is 0 Å². The molecule has 1 fully saturated rings. The molecule has 0 aliphatic carbocycles.